The standard InChI is InChI=1S/C18H18ClN3O3/c1-12(20-18(25)14-7-9-15(19)10-8-14)17(24)22-21-16(23)11-13-5-3-2-4-6-13/h2-10,12H,11H2,1H3,(H,20,25)(H,21,23)(H,22,24)/t12-/m0/s1. The number of halogens is 1. The topological polar surface area (TPSA) is 87.3 Å². The van der Waals surface area contributed by atoms with Gasteiger partial charge in [-0.2, -0.15) is 0 Å². The Hall–Kier alpha value is -2.86. The molecule has 3 N–H and O–H groups in total. The summed E-state index contributed by atoms with van der Waals surface area (Å²) < 4.78 is 0. The lowest BCUT2D eigenvalue weighted by Gasteiger charge is -2.14. The van der Waals surface area contributed by atoms with E-state index < -0.39 is 17.9 Å². The molecule has 6 nitrogen and oxygen atoms in total. The molecule has 0 heterocycles. The fourth-order valence-electron chi connectivity index (χ4n) is 2.01. The van der Waals surface area contributed by atoms with Crippen molar-refractivity contribution in [3.8, 4) is 0 Å². The van der Waals surface area contributed by atoms with Crippen molar-refractivity contribution >= 4 is 29.3 Å². The Kier molecular flexibility index (Phi) is 6.54. The zero-order valence-electron chi connectivity index (χ0n) is 13.6. The number of amides is 3. The van der Waals surface area contributed by atoms with Gasteiger partial charge in [0.25, 0.3) is 11.8 Å². The van der Waals surface area contributed by atoms with Gasteiger partial charge >= 0.3 is 0 Å². The SMILES string of the molecule is C[C@H](NC(=O)c1ccc(Cl)cc1)C(=O)NNC(=O)Cc1ccccc1. The van der Waals surface area contributed by atoms with Gasteiger partial charge in [-0.15, -0.1) is 0 Å². The summed E-state index contributed by atoms with van der Waals surface area (Å²) in [7, 11) is 0. The van der Waals surface area contributed by atoms with E-state index in [-0.39, 0.29) is 12.3 Å². The number of hydrogen-bond donors (Lipinski definition) is 3. The van der Waals surface area contributed by atoms with Crippen molar-refractivity contribution in [2.45, 2.75) is 19.4 Å². The lowest BCUT2D eigenvalue weighted by Crippen LogP contribution is -2.51. The second kappa shape index (κ2) is 8.84. The fraction of sp³-hybridized carbons (Fsp3) is 0.167. The predicted molar refractivity (Wildman–Crippen MR) is 94.8 cm³/mol. The van der Waals surface area contributed by atoms with Crippen LogP contribution in [0.5, 0.6) is 0 Å². The summed E-state index contributed by atoms with van der Waals surface area (Å²) in [6.07, 6.45) is 0.145. The minimum Gasteiger partial charge on any atom is -0.340 e. The molecule has 0 aliphatic carbocycles. The van der Waals surface area contributed by atoms with Crippen LogP contribution in [0.1, 0.15) is 22.8 Å². The Morgan fingerprint density at radius 1 is 0.960 bits per heavy atom. The van der Waals surface area contributed by atoms with Crippen molar-refractivity contribution in [3.05, 3.63) is 70.7 Å². The summed E-state index contributed by atoms with van der Waals surface area (Å²) in [5.74, 6) is -1.28. The van der Waals surface area contributed by atoms with Crippen LogP contribution >= 0.6 is 11.6 Å². The van der Waals surface area contributed by atoms with Crippen molar-refractivity contribution in [1.29, 1.82) is 0 Å². The average Bonchev–Trinajstić information content (AvgIpc) is 2.61. The normalized spacial score (nSPS) is 11.3. The Bertz CT molecular complexity index is 748. The number of carbonyl (C=O) groups excluding carboxylic acids is 3. The Morgan fingerprint density at radius 3 is 2.24 bits per heavy atom. The molecular formula is C18H18ClN3O3. The second-order valence-corrected chi connectivity index (χ2v) is 5.84. The first kappa shape index (κ1) is 18.5. The van der Waals surface area contributed by atoms with Gasteiger partial charge in [-0.25, -0.2) is 0 Å². The molecule has 0 spiro atoms. The van der Waals surface area contributed by atoms with E-state index in [0.29, 0.717) is 10.6 Å². The van der Waals surface area contributed by atoms with Gasteiger partial charge in [-0.05, 0) is 36.8 Å². The maximum absolute atomic E-state index is 12.0. The molecule has 0 saturated heterocycles. The number of rotatable bonds is 5. The monoisotopic (exact) mass is 359 g/mol. The molecule has 3 amide bonds. The van der Waals surface area contributed by atoms with Gasteiger partial charge in [0, 0.05) is 10.6 Å². The molecule has 2 rings (SSSR count). The highest BCUT2D eigenvalue weighted by molar-refractivity contribution is 6.30. The third kappa shape index (κ3) is 5.93. The molecule has 130 valence electrons. The largest absolute Gasteiger partial charge is 0.340 e. The molecule has 25 heavy (non-hydrogen) atoms. The molecule has 7 heteroatoms. The van der Waals surface area contributed by atoms with Gasteiger partial charge in [-0.1, -0.05) is 41.9 Å². The summed E-state index contributed by atoms with van der Waals surface area (Å²) in [4.78, 5) is 35.8. The van der Waals surface area contributed by atoms with Gasteiger partial charge in [-0.3, -0.25) is 25.2 Å². The minimum absolute atomic E-state index is 0.145. The molecule has 2 aromatic rings. The average molecular weight is 360 g/mol. The highest BCUT2D eigenvalue weighted by Crippen LogP contribution is 2.09. The van der Waals surface area contributed by atoms with E-state index in [1.54, 1.807) is 24.3 Å². The van der Waals surface area contributed by atoms with E-state index in [9.17, 15) is 14.4 Å². The van der Waals surface area contributed by atoms with Gasteiger partial charge < -0.3 is 5.32 Å². The van der Waals surface area contributed by atoms with Crippen LogP contribution in [0, 0.1) is 0 Å². The molecular weight excluding hydrogens is 342 g/mol. The molecule has 1 atom stereocenters. The van der Waals surface area contributed by atoms with Crippen molar-refractivity contribution in [3.63, 3.8) is 0 Å². The van der Waals surface area contributed by atoms with E-state index in [4.69, 9.17) is 11.6 Å². The van der Waals surface area contributed by atoms with Crippen LogP contribution in [0.4, 0.5) is 0 Å². The third-order valence-electron chi connectivity index (χ3n) is 3.38. The van der Waals surface area contributed by atoms with Gasteiger partial charge in [0.05, 0.1) is 6.42 Å². The Morgan fingerprint density at radius 2 is 1.60 bits per heavy atom. The zero-order chi connectivity index (χ0) is 18.2. The molecule has 0 aromatic heterocycles. The smallest absolute Gasteiger partial charge is 0.260 e. The quantitative estimate of drug-likeness (QED) is 0.712. The van der Waals surface area contributed by atoms with Crippen LogP contribution in [-0.2, 0) is 16.0 Å². The fourth-order valence-corrected chi connectivity index (χ4v) is 2.14. The number of carbonyl (C=O) groups is 3. The van der Waals surface area contributed by atoms with Crippen molar-refractivity contribution in [1.82, 2.24) is 16.2 Å². The molecule has 0 saturated carbocycles. The lowest BCUT2D eigenvalue weighted by atomic mass is 10.1. The van der Waals surface area contributed by atoms with Crippen molar-refractivity contribution in [2.75, 3.05) is 0 Å². The molecule has 0 radical (unpaired) electrons. The molecule has 2 aromatic carbocycles. The summed E-state index contributed by atoms with van der Waals surface area (Å²) >= 11 is 5.77. The zero-order valence-corrected chi connectivity index (χ0v) is 14.3. The molecule has 0 bridgehead atoms. The number of nitrogens with one attached hydrogen (secondary N) is 3. The maximum Gasteiger partial charge on any atom is 0.260 e. The molecule has 0 unspecified atom stereocenters. The molecule has 0 aliphatic rings. The van der Waals surface area contributed by atoms with Crippen LogP contribution in [0.2, 0.25) is 5.02 Å². The predicted octanol–water partition coefficient (Wildman–Crippen LogP) is 1.85. The van der Waals surface area contributed by atoms with Crippen molar-refractivity contribution < 1.29 is 14.4 Å². The van der Waals surface area contributed by atoms with Crippen LogP contribution in [0.25, 0.3) is 0 Å². The van der Waals surface area contributed by atoms with E-state index in [0.717, 1.165) is 5.56 Å². The van der Waals surface area contributed by atoms with E-state index >= 15 is 0 Å². The van der Waals surface area contributed by atoms with Crippen molar-refractivity contribution in [2.24, 2.45) is 0 Å². The van der Waals surface area contributed by atoms with Gasteiger partial charge in [0.2, 0.25) is 5.91 Å². The Balaban J connectivity index is 1.78. The Labute approximate surface area is 150 Å². The van der Waals surface area contributed by atoms with Crippen LogP contribution in [-0.4, -0.2) is 23.8 Å². The van der Waals surface area contributed by atoms with Crippen LogP contribution in [0.15, 0.2) is 54.6 Å². The first-order chi connectivity index (χ1) is 12.0. The van der Waals surface area contributed by atoms with E-state index in [1.807, 2.05) is 30.3 Å². The number of hydrazine groups is 1. The number of hydrogen-bond acceptors (Lipinski definition) is 3. The van der Waals surface area contributed by atoms with E-state index in [1.165, 1.54) is 6.92 Å². The minimum atomic E-state index is -0.819. The highest BCUT2D eigenvalue weighted by Gasteiger charge is 2.17. The molecule has 0 aliphatic heterocycles. The third-order valence-corrected chi connectivity index (χ3v) is 3.63. The van der Waals surface area contributed by atoms with Gasteiger partial charge in [0.1, 0.15) is 6.04 Å². The van der Waals surface area contributed by atoms with Crippen LogP contribution < -0.4 is 16.2 Å². The lowest BCUT2D eigenvalue weighted by molar-refractivity contribution is -0.129. The second-order valence-electron chi connectivity index (χ2n) is 5.40. The summed E-state index contributed by atoms with van der Waals surface area (Å²) in [5, 5.41) is 3.06. The first-order valence-electron chi connectivity index (χ1n) is 7.65. The first-order valence-corrected chi connectivity index (χ1v) is 8.02. The van der Waals surface area contributed by atoms with Crippen LogP contribution in [0.3, 0.4) is 0 Å². The van der Waals surface area contributed by atoms with Gasteiger partial charge in [0.15, 0.2) is 0 Å². The summed E-state index contributed by atoms with van der Waals surface area (Å²) in [6.45, 7) is 1.52. The summed E-state index contributed by atoms with van der Waals surface area (Å²) in [5.41, 5.74) is 5.84. The maximum atomic E-state index is 12.0. The number of benzene rings is 2. The highest BCUT2D eigenvalue weighted by atomic mass is 35.5. The molecule has 0 fully saturated rings. The van der Waals surface area contributed by atoms with E-state index in [2.05, 4.69) is 16.2 Å². The summed E-state index contributed by atoms with van der Waals surface area (Å²) in [6, 6.07) is 14.6.